The molecular formula is C9H15Br. The van der Waals surface area contributed by atoms with Crippen LogP contribution in [-0.4, -0.2) is 4.83 Å². The van der Waals surface area contributed by atoms with Crippen molar-refractivity contribution in [1.29, 1.82) is 0 Å². The predicted octanol–water partition coefficient (Wildman–Crippen LogP) is 3.35. The molecule has 0 rings (SSSR count). The lowest BCUT2D eigenvalue weighted by Gasteiger charge is -2.03. The third-order valence-corrected chi connectivity index (χ3v) is 2.64. The Morgan fingerprint density at radius 3 is 2.70 bits per heavy atom. The van der Waals surface area contributed by atoms with Crippen molar-refractivity contribution in [2.45, 2.75) is 43.9 Å². The molecule has 0 bridgehead atoms. The number of hydrogen-bond acceptors (Lipinski definition) is 0. The number of unbranched alkanes of at least 4 members (excludes halogenated alkanes) is 2. The Balaban J connectivity index is 2.98. The molecule has 10 heavy (non-hydrogen) atoms. The van der Waals surface area contributed by atoms with Gasteiger partial charge in [-0.25, -0.2) is 0 Å². The summed E-state index contributed by atoms with van der Waals surface area (Å²) in [6.45, 7) is 2.20. The van der Waals surface area contributed by atoms with Gasteiger partial charge >= 0.3 is 0 Å². The molecule has 0 aromatic carbocycles. The highest BCUT2D eigenvalue weighted by Gasteiger charge is 1.98. The van der Waals surface area contributed by atoms with Gasteiger partial charge in [-0.1, -0.05) is 29.3 Å². The van der Waals surface area contributed by atoms with Crippen LogP contribution in [0.5, 0.6) is 0 Å². The van der Waals surface area contributed by atoms with E-state index in [4.69, 9.17) is 6.42 Å². The van der Waals surface area contributed by atoms with Gasteiger partial charge in [0.05, 0.1) is 0 Å². The van der Waals surface area contributed by atoms with E-state index in [1.54, 1.807) is 0 Å². The van der Waals surface area contributed by atoms with Crippen LogP contribution in [0.2, 0.25) is 0 Å². The van der Waals surface area contributed by atoms with Gasteiger partial charge in [0.1, 0.15) is 0 Å². The molecule has 1 atom stereocenters. The first-order valence-corrected chi connectivity index (χ1v) is 4.80. The Labute approximate surface area is 72.5 Å². The van der Waals surface area contributed by atoms with E-state index in [9.17, 15) is 0 Å². The van der Waals surface area contributed by atoms with E-state index in [2.05, 4.69) is 28.8 Å². The first kappa shape index (κ1) is 10.0. The lowest BCUT2D eigenvalue weighted by atomic mass is 10.1. The standard InChI is InChI=1S/C9H15Br/c1-3-5-6-7-8-9(10)4-2/h1,9H,4-8H2,2H3. The van der Waals surface area contributed by atoms with Crippen LogP contribution < -0.4 is 0 Å². The van der Waals surface area contributed by atoms with E-state index in [0.29, 0.717) is 4.83 Å². The molecule has 0 nitrogen and oxygen atoms in total. The minimum atomic E-state index is 0.699. The lowest BCUT2D eigenvalue weighted by Crippen LogP contribution is -1.93. The molecule has 0 heterocycles. The molecule has 0 aliphatic carbocycles. The van der Waals surface area contributed by atoms with Gasteiger partial charge in [-0.3, -0.25) is 0 Å². The molecule has 0 saturated carbocycles. The molecule has 0 aromatic rings. The fraction of sp³-hybridized carbons (Fsp3) is 0.778. The van der Waals surface area contributed by atoms with Crippen LogP contribution in [0.15, 0.2) is 0 Å². The van der Waals surface area contributed by atoms with Crippen LogP contribution in [0.3, 0.4) is 0 Å². The van der Waals surface area contributed by atoms with Crippen molar-refractivity contribution in [2.75, 3.05) is 0 Å². The van der Waals surface area contributed by atoms with E-state index in [0.717, 1.165) is 6.42 Å². The highest BCUT2D eigenvalue weighted by atomic mass is 79.9. The Kier molecular flexibility index (Phi) is 7.18. The van der Waals surface area contributed by atoms with Crippen molar-refractivity contribution in [3.63, 3.8) is 0 Å². The molecule has 0 fully saturated rings. The summed E-state index contributed by atoms with van der Waals surface area (Å²) in [6, 6.07) is 0. The number of hydrogen-bond donors (Lipinski definition) is 0. The molecule has 0 N–H and O–H groups in total. The quantitative estimate of drug-likeness (QED) is 0.365. The molecule has 0 aromatic heterocycles. The zero-order valence-corrected chi connectivity index (χ0v) is 8.15. The zero-order chi connectivity index (χ0) is 7.82. The van der Waals surface area contributed by atoms with Crippen molar-refractivity contribution in [1.82, 2.24) is 0 Å². The molecule has 0 spiro atoms. The number of alkyl halides is 1. The van der Waals surface area contributed by atoms with Crippen LogP contribution in [0.4, 0.5) is 0 Å². The highest BCUT2D eigenvalue weighted by Crippen LogP contribution is 2.13. The van der Waals surface area contributed by atoms with E-state index >= 15 is 0 Å². The fourth-order valence-corrected chi connectivity index (χ4v) is 1.12. The third-order valence-electron chi connectivity index (χ3n) is 1.53. The highest BCUT2D eigenvalue weighted by molar-refractivity contribution is 9.09. The van der Waals surface area contributed by atoms with Crippen molar-refractivity contribution >= 4 is 15.9 Å². The van der Waals surface area contributed by atoms with Crippen LogP contribution >= 0.6 is 15.9 Å². The van der Waals surface area contributed by atoms with Gasteiger partial charge in [0.2, 0.25) is 0 Å². The Bertz CT molecular complexity index is 102. The smallest absolute Gasteiger partial charge is 0.0143 e. The number of terminal acetylenes is 1. The predicted molar refractivity (Wildman–Crippen MR) is 50.3 cm³/mol. The van der Waals surface area contributed by atoms with Crippen molar-refractivity contribution in [3.05, 3.63) is 0 Å². The molecule has 1 heteroatoms. The molecule has 58 valence electrons. The summed E-state index contributed by atoms with van der Waals surface area (Å²) < 4.78 is 0. The molecule has 0 aliphatic heterocycles. The molecule has 0 aliphatic rings. The van der Waals surface area contributed by atoms with Crippen molar-refractivity contribution in [3.8, 4) is 12.3 Å². The van der Waals surface area contributed by atoms with Gasteiger partial charge in [0.25, 0.3) is 0 Å². The van der Waals surface area contributed by atoms with Gasteiger partial charge in [0.15, 0.2) is 0 Å². The van der Waals surface area contributed by atoms with E-state index in [1.165, 1.54) is 25.7 Å². The minimum absolute atomic E-state index is 0.699. The summed E-state index contributed by atoms with van der Waals surface area (Å²) in [5.41, 5.74) is 0. The SMILES string of the molecule is C#CCCCCC(Br)CC. The van der Waals surface area contributed by atoms with E-state index in [1.807, 2.05) is 0 Å². The van der Waals surface area contributed by atoms with Crippen LogP contribution in [-0.2, 0) is 0 Å². The first-order valence-electron chi connectivity index (χ1n) is 3.88. The maximum atomic E-state index is 5.12. The molecule has 0 amide bonds. The molecule has 1 unspecified atom stereocenters. The van der Waals surface area contributed by atoms with Crippen LogP contribution in [0.25, 0.3) is 0 Å². The van der Waals surface area contributed by atoms with Gasteiger partial charge in [-0.05, 0) is 19.3 Å². The normalized spacial score (nSPS) is 12.5. The first-order chi connectivity index (χ1) is 4.81. The lowest BCUT2D eigenvalue weighted by molar-refractivity contribution is 0.660. The van der Waals surface area contributed by atoms with Gasteiger partial charge < -0.3 is 0 Å². The third kappa shape index (κ3) is 6.16. The summed E-state index contributed by atoms with van der Waals surface area (Å²) in [7, 11) is 0. The zero-order valence-electron chi connectivity index (χ0n) is 6.57. The van der Waals surface area contributed by atoms with Gasteiger partial charge in [-0.15, -0.1) is 12.3 Å². The summed E-state index contributed by atoms with van der Waals surface area (Å²) >= 11 is 3.58. The second-order valence-electron chi connectivity index (χ2n) is 2.46. The Morgan fingerprint density at radius 1 is 1.50 bits per heavy atom. The Morgan fingerprint density at radius 2 is 2.20 bits per heavy atom. The van der Waals surface area contributed by atoms with Gasteiger partial charge in [0, 0.05) is 11.2 Å². The molecule has 0 saturated heterocycles. The van der Waals surface area contributed by atoms with Crippen molar-refractivity contribution < 1.29 is 0 Å². The topological polar surface area (TPSA) is 0 Å². The summed E-state index contributed by atoms with van der Waals surface area (Å²) in [4.78, 5) is 0.699. The van der Waals surface area contributed by atoms with Crippen molar-refractivity contribution in [2.24, 2.45) is 0 Å². The monoisotopic (exact) mass is 202 g/mol. The average molecular weight is 203 g/mol. The van der Waals surface area contributed by atoms with Crippen LogP contribution in [0.1, 0.15) is 39.0 Å². The summed E-state index contributed by atoms with van der Waals surface area (Å²) in [5, 5.41) is 0. The molecule has 0 radical (unpaired) electrons. The van der Waals surface area contributed by atoms with E-state index < -0.39 is 0 Å². The van der Waals surface area contributed by atoms with Gasteiger partial charge in [-0.2, -0.15) is 0 Å². The number of halogens is 1. The largest absolute Gasteiger partial charge is 0.120 e. The summed E-state index contributed by atoms with van der Waals surface area (Å²) in [6.07, 6.45) is 11.0. The Hall–Kier alpha value is 0.0400. The van der Waals surface area contributed by atoms with Crippen LogP contribution in [0, 0.1) is 12.3 Å². The summed E-state index contributed by atoms with van der Waals surface area (Å²) in [5.74, 6) is 2.64. The second kappa shape index (κ2) is 7.15. The fourth-order valence-electron chi connectivity index (χ4n) is 0.797. The molecular weight excluding hydrogens is 188 g/mol. The number of rotatable bonds is 5. The average Bonchev–Trinajstić information content (AvgIpc) is 1.98. The van der Waals surface area contributed by atoms with E-state index in [-0.39, 0.29) is 0 Å². The minimum Gasteiger partial charge on any atom is -0.120 e. The second-order valence-corrected chi connectivity index (χ2v) is 3.75. The maximum absolute atomic E-state index is 5.12. The maximum Gasteiger partial charge on any atom is 0.0143 e.